The summed E-state index contributed by atoms with van der Waals surface area (Å²) in [6, 6.07) is 9.45. The molecule has 0 atom stereocenters. The van der Waals surface area contributed by atoms with Crippen LogP contribution in [0.25, 0.3) is 16.9 Å². The molecule has 1 N–H and O–H groups in total. The maximum absolute atomic E-state index is 13.0. The second kappa shape index (κ2) is 6.64. The molecular formula is C19H17FN6O. The number of hydrogen-bond donors (Lipinski definition) is 1. The number of aromatic nitrogens is 5. The Balaban J connectivity index is 1.61. The van der Waals surface area contributed by atoms with Crippen molar-refractivity contribution in [3.63, 3.8) is 0 Å². The molecule has 8 heteroatoms. The highest BCUT2D eigenvalue weighted by molar-refractivity contribution is 5.93. The summed E-state index contributed by atoms with van der Waals surface area (Å²) in [5.41, 5.74) is 4.36. The lowest BCUT2D eigenvalue weighted by Gasteiger charge is -2.04. The Labute approximate surface area is 154 Å². The molecule has 136 valence electrons. The van der Waals surface area contributed by atoms with Crippen molar-refractivity contribution in [2.45, 2.75) is 13.5 Å². The van der Waals surface area contributed by atoms with Gasteiger partial charge in [-0.2, -0.15) is 10.2 Å². The van der Waals surface area contributed by atoms with Gasteiger partial charge in [-0.05, 0) is 30.7 Å². The molecule has 0 fully saturated rings. The number of carbonyl (C=O) groups is 1. The van der Waals surface area contributed by atoms with Crippen LogP contribution in [0.4, 0.5) is 4.39 Å². The van der Waals surface area contributed by atoms with E-state index in [2.05, 4.69) is 20.5 Å². The van der Waals surface area contributed by atoms with E-state index in [0.717, 1.165) is 22.5 Å². The van der Waals surface area contributed by atoms with Gasteiger partial charge in [0.05, 0.1) is 11.9 Å². The number of nitrogens with one attached hydrogen (secondary N) is 1. The molecule has 0 aliphatic rings. The fourth-order valence-corrected chi connectivity index (χ4v) is 2.84. The van der Waals surface area contributed by atoms with E-state index in [4.69, 9.17) is 0 Å². The number of amides is 1. The van der Waals surface area contributed by atoms with Gasteiger partial charge in [0.1, 0.15) is 5.82 Å². The van der Waals surface area contributed by atoms with Crippen LogP contribution in [-0.4, -0.2) is 30.3 Å². The molecule has 0 spiro atoms. The highest BCUT2D eigenvalue weighted by atomic mass is 19.1. The molecule has 27 heavy (non-hydrogen) atoms. The van der Waals surface area contributed by atoms with Gasteiger partial charge in [0.2, 0.25) is 0 Å². The topological polar surface area (TPSA) is 77.1 Å². The fourth-order valence-electron chi connectivity index (χ4n) is 2.84. The van der Waals surface area contributed by atoms with Crippen LogP contribution < -0.4 is 5.32 Å². The van der Waals surface area contributed by atoms with E-state index in [0.29, 0.717) is 5.65 Å². The zero-order valence-corrected chi connectivity index (χ0v) is 14.8. The molecule has 0 saturated heterocycles. The number of aryl methyl sites for hydroxylation is 1. The minimum atomic E-state index is -0.321. The Morgan fingerprint density at radius 3 is 2.70 bits per heavy atom. The fraction of sp³-hybridized carbons (Fsp3) is 0.158. The molecule has 1 aromatic carbocycles. The molecule has 0 saturated carbocycles. The second-order valence-corrected chi connectivity index (χ2v) is 6.21. The Hall–Kier alpha value is -3.55. The van der Waals surface area contributed by atoms with Crippen LogP contribution >= 0.6 is 0 Å². The Morgan fingerprint density at radius 1 is 1.22 bits per heavy atom. The zero-order valence-electron chi connectivity index (χ0n) is 14.8. The zero-order chi connectivity index (χ0) is 19.0. The van der Waals surface area contributed by atoms with E-state index >= 15 is 0 Å². The second-order valence-electron chi connectivity index (χ2n) is 6.21. The molecule has 3 aromatic heterocycles. The van der Waals surface area contributed by atoms with Gasteiger partial charge in [-0.15, -0.1) is 0 Å². The smallest absolute Gasteiger partial charge is 0.272 e. The van der Waals surface area contributed by atoms with Crippen molar-refractivity contribution in [2.75, 3.05) is 0 Å². The minimum absolute atomic E-state index is 0.263. The van der Waals surface area contributed by atoms with Gasteiger partial charge in [-0.25, -0.2) is 13.9 Å². The van der Waals surface area contributed by atoms with Crippen molar-refractivity contribution in [3.05, 3.63) is 71.6 Å². The first kappa shape index (κ1) is 16.9. The highest BCUT2D eigenvalue weighted by Gasteiger charge is 2.16. The minimum Gasteiger partial charge on any atom is -0.347 e. The number of rotatable bonds is 4. The summed E-state index contributed by atoms with van der Waals surface area (Å²) in [6.45, 7) is 2.25. The quantitative estimate of drug-likeness (QED) is 0.604. The number of benzene rings is 1. The van der Waals surface area contributed by atoms with E-state index < -0.39 is 0 Å². The number of nitrogens with zero attached hydrogens (tertiary/aromatic N) is 5. The maximum Gasteiger partial charge on any atom is 0.272 e. The predicted octanol–water partition coefficient (Wildman–Crippen LogP) is 2.51. The molecule has 0 aliphatic carbocycles. The van der Waals surface area contributed by atoms with Crippen LogP contribution in [0.15, 0.2) is 48.8 Å². The Kier molecular flexibility index (Phi) is 4.15. The molecule has 0 radical (unpaired) electrons. The monoisotopic (exact) mass is 364 g/mol. The van der Waals surface area contributed by atoms with Gasteiger partial charge in [0, 0.05) is 37.1 Å². The third-order valence-electron chi connectivity index (χ3n) is 4.47. The Morgan fingerprint density at radius 2 is 2.00 bits per heavy atom. The summed E-state index contributed by atoms with van der Waals surface area (Å²) >= 11 is 0. The summed E-state index contributed by atoms with van der Waals surface area (Å²) in [4.78, 5) is 16.8. The van der Waals surface area contributed by atoms with E-state index in [1.54, 1.807) is 39.8 Å². The van der Waals surface area contributed by atoms with E-state index in [-0.39, 0.29) is 24.0 Å². The number of hydrogen-bond acceptors (Lipinski definition) is 4. The normalized spacial score (nSPS) is 11.1. The number of carbonyl (C=O) groups excluding carboxylic acids is 1. The standard InChI is InChI=1S/C19H17FN6O/c1-12-15(11-23-25(12)2)17-7-8-21-18-9-16(24-26(17)18)19(27)22-10-13-3-5-14(20)6-4-13/h3-9,11H,10H2,1-2H3,(H,22,27). The third kappa shape index (κ3) is 3.17. The predicted molar refractivity (Wildman–Crippen MR) is 97.5 cm³/mol. The molecular weight excluding hydrogens is 347 g/mol. The van der Waals surface area contributed by atoms with Crippen LogP contribution in [0.3, 0.4) is 0 Å². The van der Waals surface area contributed by atoms with Crippen LogP contribution in [0.2, 0.25) is 0 Å². The molecule has 0 bridgehead atoms. The third-order valence-corrected chi connectivity index (χ3v) is 4.47. The van der Waals surface area contributed by atoms with E-state index in [1.807, 2.05) is 20.0 Å². The summed E-state index contributed by atoms with van der Waals surface area (Å²) < 4.78 is 16.4. The molecule has 0 aliphatic heterocycles. The number of fused-ring (bicyclic) bond motifs is 1. The lowest BCUT2D eigenvalue weighted by atomic mass is 10.2. The Bertz CT molecular complexity index is 1130. The van der Waals surface area contributed by atoms with Gasteiger partial charge in [0.25, 0.3) is 5.91 Å². The average Bonchev–Trinajstić information content (AvgIpc) is 3.25. The van der Waals surface area contributed by atoms with Crippen molar-refractivity contribution in [2.24, 2.45) is 7.05 Å². The lowest BCUT2D eigenvalue weighted by Crippen LogP contribution is -2.23. The van der Waals surface area contributed by atoms with Gasteiger partial charge >= 0.3 is 0 Å². The van der Waals surface area contributed by atoms with E-state index in [1.165, 1.54) is 12.1 Å². The van der Waals surface area contributed by atoms with Crippen LogP contribution in [0, 0.1) is 12.7 Å². The first-order chi connectivity index (χ1) is 13.0. The number of halogens is 1. The van der Waals surface area contributed by atoms with Gasteiger partial charge < -0.3 is 5.32 Å². The first-order valence-electron chi connectivity index (χ1n) is 8.39. The van der Waals surface area contributed by atoms with Crippen molar-refractivity contribution < 1.29 is 9.18 Å². The van der Waals surface area contributed by atoms with E-state index in [9.17, 15) is 9.18 Å². The van der Waals surface area contributed by atoms with Crippen LogP contribution in [-0.2, 0) is 13.6 Å². The molecule has 7 nitrogen and oxygen atoms in total. The van der Waals surface area contributed by atoms with Crippen LogP contribution in [0.5, 0.6) is 0 Å². The summed E-state index contributed by atoms with van der Waals surface area (Å²) in [5.74, 6) is -0.631. The summed E-state index contributed by atoms with van der Waals surface area (Å²) in [6.07, 6.45) is 3.44. The molecule has 0 unspecified atom stereocenters. The van der Waals surface area contributed by atoms with Crippen molar-refractivity contribution in [1.29, 1.82) is 0 Å². The van der Waals surface area contributed by atoms with Gasteiger partial charge in [-0.1, -0.05) is 12.1 Å². The first-order valence-corrected chi connectivity index (χ1v) is 8.39. The van der Waals surface area contributed by atoms with Crippen molar-refractivity contribution in [3.8, 4) is 11.3 Å². The summed E-state index contributed by atoms with van der Waals surface area (Å²) in [5, 5.41) is 11.5. The van der Waals surface area contributed by atoms with Gasteiger partial charge in [0.15, 0.2) is 11.3 Å². The van der Waals surface area contributed by atoms with Crippen LogP contribution in [0.1, 0.15) is 21.7 Å². The SMILES string of the molecule is Cc1c(-c2ccnc3cc(C(=O)NCc4ccc(F)cc4)nn23)cnn1C. The highest BCUT2D eigenvalue weighted by Crippen LogP contribution is 2.23. The average molecular weight is 364 g/mol. The van der Waals surface area contributed by atoms with Gasteiger partial charge in [-0.3, -0.25) is 9.48 Å². The molecule has 4 rings (SSSR count). The largest absolute Gasteiger partial charge is 0.347 e. The van der Waals surface area contributed by atoms with Crippen molar-refractivity contribution >= 4 is 11.6 Å². The molecule has 3 heterocycles. The summed E-state index contributed by atoms with van der Waals surface area (Å²) in [7, 11) is 1.87. The molecule has 4 aromatic rings. The van der Waals surface area contributed by atoms with Crippen molar-refractivity contribution in [1.82, 2.24) is 29.7 Å². The lowest BCUT2D eigenvalue weighted by molar-refractivity contribution is 0.0945. The molecule has 1 amide bonds. The maximum atomic E-state index is 13.0.